The van der Waals surface area contributed by atoms with Gasteiger partial charge in [0, 0.05) is 0 Å². The Morgan fingerprint density at radius 3 is 1.18 bits per heavy atom. The molecule has 0 amide bonds. The third-order valence-electron chi connectivity index (χ3n) is 8.58. The highest BCUT2D eigenvalue weighted by Gasteiger charge is 2.60. The highest BCUT2D eigenvalue weighted by molar-refractivity contribution is 5.92. The molecule has 0 aromatic heterocycles. The molecule has 6 aromatic rings. The van der Waals surface area contributed by atoms with Crippen molar-refractivity contribution in [3.63, 3.8) is 0 Å². The molecule has 0 unspecified atom stereocenters. The molecule has 0 bridgehead atoms. The molecule has 7 rings (SSSR count). The van der Waals surface area contributed by atoms with Gasteiger partial charge in [0.15, 0.2) is 0 Å². The van der Waals surface area contributed by atoms with Crippen LogP contribution in [0.2, 0.25) is 0 Å². The van der Waals surface area contributed by atoms with Crippen LogP contribution >= 0.6 is 0 Å². The summed E-state index contributed by atoms with van der Waals surface area (Å²) in [5.74, 6) is -1.81. The molecule has 1 heterocycles. The Balaban J connectivity index is 0.000000204. The first-order valence-electron chi connectivity index (χ1n) is 17.6. The number of rotatable bonds is 10. The van der Waals surface area contributed by atoms with E-state index in [1.807, 2.05) is 0 Å². The van der Waals surface area contributed by atoms with Gasteiger partial charge in [0.25, 0.3) is 0 Å². The van der Waals surface area contributed by atoms with E-state index in [1.54, 1.807) is 66.7 Å². The average Bonchev–Trinajstić information content (AvgIpc) is 3.93. The lowest BCUT2D eigenvalue weighted by Gasteiger charge is -2.18. The molecule has 1 fully saturated rings. The molecule has 17 heteroatoms. The quantitative estimate of drug-likeness (QED) is 0.0780. The lowest BCUT2D eigenvalue weighted by Crippen LogP contribution is -2.19. The molecule has 1 saturated heterocycles. The molecule has 1 aliphatic heterocycles. The van der Waals surface area contributed by atoms with Crippen molar-refractivity contribution in [3.8, 4) is 23.0 Å². The Kier molecular flexibility index (Phi) is 12.6. The van der Waals surface area contributed by atoms with Crippen LogP contribution in [0, 0.1) is 0 Å². The van der Waals surface area contributed by atoms with Crippen LogP contribution < -0.4 is 18.9 Å². The number of alkyl halides is 12. The standard InChI is InChI=1S/C22H14F6O3.C22H14F6O2/c23-21(24,25)29-17-10-4-8-15(12-17)20(19(31-20)14-6-2-1-3-7-14)16-9-5-11-18(13-16)30-22(26,27)28;23-21(24,25)29-18-10-4-8-16(13-18)20(12-15-6-2-1-3-7-15)17-9-5-11-19(14-17)30-22(26,27)28/h1-13,19H;1-14H/t19-;/m0./s1. The van der Waals surface area contributed by atoms with E-state index in [9.17, 15) is 52.7 Å². The maximum atomic E-state index is 12.7. The Morgan fingerprint density at radius 2 is 0.787 bits per heavy atom. The Bertz CT molecular complexity index is 2310. The van der Waals surface area contributed by atoms with E-state index in [1.165, 1.54) is 60.7 Å². The van der Waals surface area contributed by atoms with Gasteiger partial charge < -0.3 is 23.7 Å². The number of halogens is 12. The van der Waals surface area contributed by atoms with Gasteiger partial charge in [-0.25, -0.2) is 0 Å². The van der Waals surface area contributed by atoms with Gasteiger partial charge in [0.2, 0.25) is 0 Å². The molecule has 1 aliphatic rings. The predicted octanol–water partition coefficient (Wildman–Crippen LogP) is 13.6. The first-order valence-corrected chi connectivity index (χ1v) is 17.6. The Hall–Kier alpha value is -6.62. The number of ether oxygens (including phenoxy) is 5. The predicted molar refractivity (Wildman–Crippen MR) is 197 cm³/mol. The van der Waals surface area contributed by atoms with Crippen molar-refractivity contribution in [3.05, 3.63) is 191 Å². The molecule has 0 spiro atoms. The van der Waals surface area contributed by atoms with Gasteiger partial charge in [0.05, 0.1) is 0 Å². The zero-order chi connectivity index (χ0) is 44.1. The topological polar surface area (TPSA) is 49.5 Å². The lowest BCUT2D eigenvalue weighted by atomic mass is 9.85. The van der Waals surface area contributed by atoms with Crippen molar-refractivity contribution in [1.29, 1.82) is 0 Å². The maximum Gasteiger partial charge on any atom is 0.573 e. The van der Waals surface area contributed by atoms with E-state index in [0.29, 0.717) is 39.0 Å². The summed E-state index contributed by atoms with van der Waals surface area (Å²) in [6.07, 6.45) is -18.5. The van der Waals surface area contributed by atoms with E-state index in [2.05, 4.69) is 18.9 Å². The second-order valence-corrected chi connectivity index (χ2v) is 12.9. The first kappa shape index (κ1) is 43.9. The van der Waals surface area contributed by atoms with Crippen LogP contribution in [0.5, 0.6) is 23.0 Å². The van der Waals surface area contributed by atoms with E-state index < -0.39 is 60.2 Å². The largest absolute Gasteiger partial charge is 0.573 e. The fraction of sp³-hybridized carbons (Fsp3) is 0.136. The van der Waals surface area contributed by atoms with Crippen LogP contribution in [-0.2, 0) is 10.3 Å². The van der Waals surface area contributed by atoms with Crippen LogP contribution in [0.25, 0.3) is 11.6 Å². The van der Waals surface area contributed by atoms with Crippen molar-refractivity contribution in [1.82, 2.24) is 0 Å². The third-order valence-corrected chi connectivity index (χ3v) is 8.58. The normalized spacial score (nSPS) is 14.8. The smallest absolute Gasteiger partial charge is 0.406 e. The van der Waals surface area contributed by atoms with E-state index in [0.717, 1.165) is 36.4 Å². The lowest BCUT2D eigenvalue weighted by molar-refractivity contribution is -0.275. The van der Waals surface area contributed by atoms with Crippen molar-refractivity contribution in [2.45, 2.75) is 37.2 Å². The van der Waals surface area contributed by atoms with E-state index in [4.69, 9.17) is 4.74 Å². The minimum atomic E-state index is -4.89. The van der Waals surface area contributed by atoms with Gasteiger partial charge in [-0.3, -0.25) is 0 Å². The number of hydrogen-bond donors (Lipinski definition) is 0. The van der Waals surface area contributed by atoms with Crippen molar-refractivity contribution in [2.24, 2.45) is 0 Å². The summed E-state index contributed by atoms with van der Waals surface area (Å²) < 4.78 is 174. The van der Waals surface area contributed by atoms with E-state index >= 15 is 0 Å². The van der Waals surface area contributed by atoms with Gasteiger partial charge >= 0.3 is 25.4 Å². The fourth-order valence-electron chi connectivity index (χ4n) is 6.31. The van der Waals surface area contributed by atoms with Crippen molar-refractivity contribution in [2.75, 3.05) is 0 Å². The summed E-state index contributed by atoms with van der Waals surface area (Å²) in [5.41, 5.74) is 1.75. The van der Waals surface area contributed by atoms with Crippen LogP contribution in [0.4, 0.5) is 52.7 Å². The minimum Gasteiger partial charge on any atom is -0.406 e. The SMILES string of the molecule is FC(F)(F)Oc1cccc(C(=Cc2ccccc2)c2cccc(OC(F)(F)F)c2)c1.FC(F)(F)Oc1cccc(C2(c3cccc(OC(F)(F)F)c3)O[C@H]2c2ccccc2)c1. The van der Waals surface area contributed by atoms with Gasteiger partial charge in [0.1, 0.15) is 34.7 Å². The summed E-state index contributed by atoms with van der Waals surface area (Å²) in [6, 6.07) is 38.4. The molecule has 1 atom stereocenters. The second kappa shape index (κ2) is 17.5. The first-order chi connectivity index (χ1) is 28.7. The van der Waals surface area contributed by atoms with Gasteiger partial charge in [-0.1, -0.05) is 109 Å². The van der Waals surface area contributed by atoms with Gasteiger partial charge in [-0.2, -0.15) is 0 Å². The molecular weight excluding hydrogens is 836 g/mol. The molecule has 5 nitrogen and oxygen atoms in total. The average molecular weight is 865 g/mol. The maximum absolute atomic E-state index is 12.7. The highest BCUT2D eigenvalue weighted by Crippen LogP contribution is 2.61. The molecular formula is C44H28F12O5. The minimum absolute atomic E-state index is 0.298. The molecule has 318 valence electrons. The zero-order valence-electron chi connectivity index (χ0n) is 30.7. The van der Waals surface area contributed by atoms with Crippen LogP contribution in [0.1, 0.15) is 39.5 Å². The Morgan fingerprint density at radius 1 is 0.426 bits per heavy atom. The summed E-state index contributed by atoms with van der Waals surface area (Å²) in [6.45, 7) is 0. The molecule has 0 N–H and O–H groups in total. The number of benzene rings is 6. The van der Waals surface area contributed by atoms with Crippen molar-refractivity contribution >= 4 is 11.6 Å². The number of epoxide rings is 1. The molecule has 0 saturated carbocycles. The summed E-state index contributed by atoms with van der Waals surface area (Å²) >= 11 is 0. The summed E-state index contributed by atoms with van der Waals surface area (Å²) in [4.78, 5) is 0. The number of hydrogen-bond acceptors (Lipinski definition) is 5. The zero-order valence-corrected chi connectivity index (χ0v) is 30.7. The third kappa shape index (κ3) is 12.5. The van der Waals surface area contributed by atoms with Gasteiger partial charge in [-0.15, -0.1) is 52.7 Å². The van der Waals surface area contributed by atoms with Crippen LogP contribution in [0.3, 0.4) is 0 Å². The van der Waals surface area contributed by atoms with E-state index in [-0.39, 0.29) is 0 Å². The van der Waals surface area contributed by atoms with Crippen LogP contribution in [0.15, 0.2) is 158 Å². The van der Waals surface area contributed by atoms with Gasteiger partial charge in [-0.05, 0) is 93.6 Å². The van der Waals surface area contributed by atoms with Crippen molar-refractivity contribution < 1.29 is 76.4 Å². The fourth-order valence-corrected chi connectivity index (χ4v) is 6.31. The second-order valence-electron chi connectivity index (χ2n) is 12.9. The van der Waals surface area contributed by atoms with Crippen LogP contribution in [-0.4, -0.2) is 25.4 Å². The summed E-state index contributed by atoms with van der Waals surface area (Å²) in [5, 5.41) is 0. The molecule has 61 heavy (non-hydrogen) atoms. The molecule has 0 radical (unpaired) electrons. The molecule has 6 aromatic carbocycles. The highest BCUT2D eigenvalue weighted by atomic mass is 19.4. The monoisotopic (exact) mass is 864 g/mol. The summed E-state index contributed by atoms with van der Waals surface area (Å²) in [7, 11) is 0. The molecule has 0 aliphatic carbocycles. The Labute approximate surface area is 339 Å².